The van der Waals surface area contributed by atoms with E-state index in [1.165, 1.54) is 16.7 Å². The molecule has 4 rings (SSSR count). The first kappa shape index (κ1) is 24.1. The third-order valence-corrected chi connectivity index (χ3v) is 5.73. The number of Topliss-reactive ketones (excluding diaryl/α,β-unsaturated/α-hetero) is 2. The molecule has 1 aliphatic rings. The molecule has 1 amide bonds. The maximum atomic E-state index is 13.4. The summed E-state index contributed by atoms with van der Waals surface area (Å²) in [6, 6.07) is 8.60. The number of nitrogens with zero attached hydrogens (tertiary/aromatic N) is 2. The maximum Gasteiger partial charge on any atom is 0.573 e. The zero-order chi connectivity index (χ0) is 25.3. The third-order valence-electron chi connectivity index (χ3n) is 5.73. The second-order valence-electron chi connectivity index (χ2n) is 8.14. The summed E-state index contributed by atoms with van der Waals surface area (Å²) >= 11 is 0. The van der Waals surface area contributed by atoms with Crippen LogP contribution in [0.2, 0.25) is 0 Å². The topological polar surface area (TPSA) is 107 Å². The van der Waals surface area contributed by atoms with Crippen LogP contribution in [-0.4, -0.2) is 33.4 Å². The number of ketones is 2. The molecule has 1 N–H and O–H groups in total. The molecule has 1 atom stereocenters. The van der Waals surface area contributed by atoms with Gasteiger partial charge in [-0.05, 0) is 49.2 Å². The summed E-state index contributed by atoms with van der Waals surface area (Å²) in [4.78, 5) is 54.5. The lowest BCUT2D eigenvalue weighted by Gasteiger charge is -2.24. The van der Waals surface area contributed by atoms with E-state index < -0.39 is 29.6 Å². The van der Waals surface area contributed by atoms with Crippen molar-refractivity contribution in [2.24, 2.45) is 0 Å². The number of fused-ring (bicyclic) bond motifs is 1. The fourth-order valence-electron chi connectivity index (χ4n) is 4.15. The molecule has 0 bridgehead atoms. The summed E-state index contributed by atoms with van der Waals surface area (Å²) in [5.74, 6) is -1.17. The van der Waals surface area contributed by atoms with Crippen LogP contribution in [0.5, 0.6) is 5.75 Å². The van der Waals surface area contributed by atoms with Crippen molar-refractivity contribution in [1.29, 1.82) is 0 Å². The van der Waals surface area contributed by atoms with Gasteiger partial charge in [-0.25, -0.2) is 4.98 Å². The number of ether oxygens (including phenoxy) is 1. The van der Waals surface area contributed by atoms with Crippen molar-refractivity contribution in [3.05, 3.63) is 69.8 Å². The minimum atomic E-state index is -4.84. The van der Waals surface area contributed by atoms with Crippen molar-refractivity contribution in [2.45, 2.75) is 45.1 Å². The van der Waals surface area contributed by atoms with Gasteiger partial charge in [-0.15, -0.1) is 13.2 Å². The summed E-state index contributed by atoms with van der Waals surface area (Å²) in [5, 5.41) is 2.87. The molecule has 11 heteroatoms. The number of nitrogens with one attached hydrogen (secondary N) is 1. The number of aryl methyl sites for hydroxylation is 1. The molecular formula is C24H20F3N3O5. The Labute approximate surface area is 196 Å². The Bertz CT molecular complexity index is 1380. The van der Waals surface area contributed by atoms with Crippen molar-refractivity contribution in [1.82, 2.24) is 14.9 Å². The Balaban J connectivity index is 1.59. The molecule has 0 saturated heterocycles. The number of hydrogen-bond acceptors (Lipinski definition) is 6. The largest absolute Gasteiger partial charge is 0.573 e. The number of halogens is 3. The number of carbonyl (C=O) groups is 3. The Kier molecular flexibility index (Phi) is 6.42. The quantitative estimate of drug-likeness (QED) is 0.553. The standard InChI is InChI=1S/C24H20F3N3O5/c1-13-29-18-4-2-3-15(21(18)23(34)30(13)19-10-7-16(31)11-20(19)32)12-28-22(33)14-5-8-17(9-6-14)35-24(25,26)27/h2-6,8-9,19H,7,10-12H2,1H3,(H,28,33). The Hall–Kier alpha value is -4.02. The summed E-state index contributed by atoms with van der Waals surface area (Å²) in [6.07, 6.45) is -4.64. The van der Waals surface area contributed by atoms with Crippen molar-refractivity contribution >= 4 is 28.4 Å². The third kappa shape index (κ3) is 5.23. The zero-order valence-electron chi connectivity index (χ0n) is 18.5. The number of alkyl halides is 3. The molecule has 0 aliphatic heterocycles. The molecule has 1 aromatic heterocycles. The second kappa shape index (κ2) is 9.32. The fraction of sp³-hybridized carbons (Fsp3) is 0.292. The molecule has 2 aromatic carbocycles. The molecule has 1 fully saturated rings. The van der Waals surface area contributed by atoms with Crippen molar-refractivity contribution in [3.63, 3.8) is 0 Å². The van der Waals surface area contributed by atoms with E-state index in [0.717, 1.165) is 12.1 Å². The minimum Gasteiger partial charge on any atom is -0.406 e. The van der Waals surface area contributed by atoms with Crippen LogP contribution >= 0.6 is 0 Å². The van der Waals surface area contributed by atoms with Crippen LogP contribution in [0.25, 0.3) is 10.9 Å². The summed E-state index contributed by atoms with van der Waals surface area (Å²) < 4.78 is 42.0. The fourth-order valence-corrected chi connectivity index (χ4v) is 4.15. The average molecular weight is 487 g/mol. The van der Waals surface area contributed by atoms with Gasteiger partial charge in [0, 0.05) is 18.5 Å². The van der Waals surface area contributed by atoms with E-state index in [9.17, 15) is 32.3 Å². The number of amides is 1. The molecule has 182 valence electrons. The molecule has 1 unspecified atom stereocenters. The molecule has 3 aromatic rings. The molecule has 1 aliphatic carbocycles. The molecule has 8 nitrogen and oxygen atoms in total. The van der Waals surface area contributed by atoms with Gasteiger partial charge < -0.3 is 10.1 Å². The molecular weight excluding hydrogens is 467 g/mol. The number of carbonyl (C=O) groups excluding carboxylic acids is 3. The highest BCUT2D eigenvalue weighted by Gasteiger charge is 2.32. The lowest BCUT2D eigenvalue weighted by molar-refractivity contribution is -0.274. The predicted octanol–water partition coefficient (Wildman–Crippen LogP) is 3.40. The summed E-state index contributed by atoms with van der Waals surface area (Å²) in [5.41, 5.74) is 0.504. The van der Waals surface area contributed by atoms with Gasteiger partial charge in [-0.2, -0.15) is 0 Å². The van der Waals surface area contributed by atoms with Gasteiger partial charge in [0.15, 0.2) is 5.78 Å². The van der Waals surface area contributed by atoms with Crippen LogP contribution in [0.15, 0.2) is 47.3 Å². The minimum absolute atomic E-state index is 0.0615. The molecule has 35 heavy (non-hydrogen) atoms. The van der Waals surface area contributed by atoms with Crippen molar-refractivity contribution in [3.8, 4) is 5.75 Å². The number of benzene rings is 2. The lowest BCUT2D eigenvalue weighted by atomic mass is 9.92. The van der Waals surface area contributed by atoms with Crippen LogP contribution in [0.3, 0.4) is 0 Å². The van der Waals surface area contributed by atoms with Crippen LogP contribution in [0.4, 0.5) is 13.2 Å². The number of aromatic nitrogens is 2. The van der Waals surface area contributed by atoms with Gasteiger partial charge in [0.2, 0.25) is 0 Å². The molecule has 1 heterocycles. The van der Waals surface area contributed by atoms with E-state index in [0.29, 0.717) is 16.9 Å². The van der Waals surface area contributed by atoms with Crippen LogP contribution in [-0.2, 0) is 16.1 Å². The second-order valence-corrected chi connectivity index (χ2v) is 8.14. The van der Waals surface area contributed by atoms with Gasteiger partial charge in [0.25, 0.3) is 11.5 Å². The number of rotatable bonds is 5. The zero-order valence-corrected chi connectivity index (χ0v) is 18.5. The first-order valence-corrected chi connectivity index (χ1v) is 10.7. The number of hydrogen-bond donors (Lipinski definition) is 1. The molecule has 0 radical (unpaired) electrons. The van der Waals surface area contributed by atoms with Crippen LogP contribution in [0.1, 0.15) is 47.1 Å². The Morgan fingerprint density at radius 2 is 1.86 bits per heavy atom. The van der Waals surface area contributed by atoms with Crippen molar-refractivity contribution < 1.29 is 32.3 Å². The van der Waals surface area contributed by atoms with Crippen LogP contribution in [0, 0.1) is 6.92 Å². The van der Waals surface area contributed by atoms with E-state index in [1.54, 1.807) is 25.1 Å². The summed E-state index contributed by atoms with van der Waals surface area (Å²) in [7, 11) is 0. The first-order valence-electron chi connectivity index (χ1n) is 10.7. The van der Waals surface area contributed by atoms with Gasteiger partial charge in [-0.3, -0.25) is 23.7 Å². The lowest BCUT2D eigenvalue weighted by Crippen LogP contribution is -2.36. The van der Waals surface area contributed by atoms with Gasteiger partial charge >= 0.3 is 6.36 Å². The average Bonchev–Trinajstić information content (AvgIpc) is 2.78. The highest BCUT2D eigenvalue weighted by molar-refractivity contribution is 6.03. The van der Waals surface area contributed by atoms with Crippen LogP contribution < -0.4 is 15.6 Å². The first-order chi connectivity index (χ1) is 16.5. The maximum absolute atomic E-state index is 13.4. The van der Waals surface area contributed by atoms with Gasteiger partial charge in [-0.1, -0.05) is 12.1 Å². The van der Waals surface area contributed by atoms with Gasteiger partial charge in [0.05, 0.1) is 23.4 Å². The Morgan fingerprint density at radius 1 is 1.14 bits per heavy atom. The van der Waals surface area contributed by atoms with E-state index in [4.69, 9.17) is 0 Å². The normalized spacial score (nSPS) is 16.4. The van der Waals surface area contributed by atoms with E-state index in [2.05, 4.69) is 15.0 Å². The SMILES string of the molecule is Cc1nc2cccc(CNC(=O)c3ccc(OC(F)(F)F)cc3)c2c(=O)n1C1CCC(=O)CC1=O. The predicted molar refractivity (Wildman–Crippen MR) is 118 cm³/mol. The van der Waals surface area contributed by atoms with E-state index >= 15 is 0 Å². The van der Waals surface area contributed by atoms with E-state index in [-0.39, 0.29) is 48.3 Å². The monoisotopic (exact) mass is 487 g/mol. The Morgan fingerprint density at radius 3 is 2.51 bits per heavy atom. The molecule has 1 saturated carbocycles. The molecule has 0 spiro atoms. The highest BCUT2D eigenvalue weighted by atomic mass is 19.4. The highest BCUT2D eigenvalue weighted by Crippen LogP contribution is 2.25. The summed E-state index contributed by atoms with van der Waals surface area (Å²) in [6.45, 7) is 1.55. The van der Waals surface area contributed by atoms with Crippen molar-refractivity contribution in [2.75, 3.05) is 0 Å². The van der Waals surface area contributed by atoms with Gasteiger partial charge in [0.1, 0.15) is 17.4 Å². The smallest absolute Gasteiger partial charge is 0.406 e. The van der Waals surface area contributed by atoms with E-state index in [1.807, 2.05) is 0 Å².